The average Bonchev–Trinajstić information content (AvgIpc) is 3.05. The van der Waals surface area contributed by atoms with Gasteiger partial charge in [-0.25, -0.2) is 4.98 Å². The van der Waals surface area contributed by atoms with Crippen LogP contribution < -0.4 is 5.32 Å². The Kier molecular flexibility index (Phi) is 4.08. The first-order valence-electron chi connectivity index (χ1n) is 6.63. The van der Waals surface area contributed by atoms with Crippen LogP contribution in [-0.2, 0) is 20.4 Å². The van der Waals surface area contributed by atoms with E-state index in [0.29, 0.717) is 39.2 Å². The number of rotatable bonds is 3. The van der Waals surface area contributed by atoms with Crippen LogP contribution in [0.15, 0.2) is 5.38 Å². The van der Waals surface area contributed by atoms with Gasteiger partial charge in [-0.3, -0.25) is 0 Å². The molecule has 3 rings (SSSR count). The average molecular weight is 324 g/mol. The zero-order valence-electron chi connectivity index (χ0n) is 11.1. The Bertz CT molecular complexity index is 488. The van der Waals surface area contributed by atoms with E-state index in [2.05, 4.69) is 10.3 Å². The molecule has 1 aromatic heterocycles. The van der Waals surface area contributed by atoms with E-state index < -0.39 is 17.7 Å². The fraction of sp³-hybridized carbons (Fsp3) is 0.750. The van der Waals surface area contributed by atoms with E-state index in [1.54, 1.807) is 0 Å². The molecule has 1 spiro atoms. The molecule has 0 bridgehead atoms. The molecule has 2 aliphatic rings. The SMILES string of the molecule is FC(F)(F)c1csc(NC[C@H]2COC3(CCOCC3)O2)n1. The van der Waals surface area contributed by atoms with Crippen molar-refractivity contribution < 1.29 is 27.4 Å². The van der Waals surface area contributed by atoms with E-state index in [9.17, 15) is 13.2 Å². The van der Waals surface area contributed by atoms with Gasteiger partial charge in [-0.15, -0.1) is 11.3 Å². The van der Waals surface area contributed by atoms with Gasteiger partial charge in [0, 0.05) is 24.8 Å². The predicted octanol–water partition coefficient (Wildman–Crippen LogP) is 2.50. The molecule has 0 radical (unpaired) electrons. The van der Waals surface area contributed by atoms with Crippen molar-refractivity contribution in [1.29, 1.82) is 0 Å². The lowest BCUT2D eigenvalue weighted by Gasteiger charge is -2.31. The number of hydrogen-bond acceptors (Lipinski definition) is 6. The molecule has 0 saturated carbocycles. The molecule has 2 aliphatic heterocycles. The maximum absolute atomic E-state index is 12.4. The van der Waals surface area contributed by atoms with Gasteiger partial charge >= 0.3 is 6.18 Å². The fourth-order valence-electron chi connectivity index (χ4n) is 2.35. The highest BCUT2D eigenvalue weighted by Gasteiger charge is 2.42. The molecule has 118 valence electrons. The Labute approximate surface area is 123 Å². The second-order valence-electron chi connectivity index (χ2n) is 4.99. The van der Waals surface area contributed by atoms with E-state index >= 15 is 0 Å². The number of aromatic nitrogens is 1. The van der Waals surface area contributed by atoms with Crippen LogP contribution >= 0.6 is 11.3 Å². The van der Waals surface area contributed by atoms with E-state index in [0.717, 1.165) is 16.7 Å². The summed E-state index contributed by atoms with van der Waals surface area (Å²) in [5.74, 6) is -0.579. The second-order valence-corrected chi connectivity index (χ2v) is 5.85. The second kappa shape index (κ2) is 5.71. The first-order chi connectivity index (χ1) is 9.97. The molecule has 1 atom stereocenters. The van der Waals surface area contributed by atoms with Crippen LogP contribution in [0.1, 0.15) is 18.5 Å². The van der Waals surface area contributed by atoms with Crippen molar-refractivity contribution in [3.63, 3.8) is 0 Å². The molecule has 0 unspecified atom stereocenters. The molecular formula is C12H15F3N2O3S. The van der Waals surface area contributed by atoms with E-state index in [4.69, 9.17) is 14.2 Å². The minimum atomic E-state index is -4.41. The molecule has 1 N–H and O–H groups in total. The van der Waals surface area contributed by atoms with Crippen molar-refractivity contribution >= 4 is 16.5 Å². The maximum Gasteiger partial charge on any atom is 0.434 e. The van der Waals surface area contributed by atoms with E-state index in [1.165, 1.54) is 0 Å². The van der Waals surface area contributed by atoms with Gasteiger partial charge in [0.25, 0.3) is 0 Å². The van der Waals surface area contributed by atoms with Crippen LogP contribution in [0.2, 0.25) is 0 Å². The third kappa shape index (κ3) is 3.47. The van der Waals surface area contributed by atoms with Crippen molar-refractivity contribution in [2.45, 2.75) is 30.9 Å². The Balaban J connectivity index is 1.51. The summed E-state index contributed by atoms with van der Waals surface area (Å²) >= 11 is 0.928. The van der Waals surface area contributed by atoms with Crippen molar-refractivity contribution in [2.75, 3.05) is 31.7 Å². The van der Waals surface area contributed by atoms with Gasteiger partial charge in [-0.1, -0.05) is 0 Å². The van der Waals surface area contributed by atoms with Crippen LogP contribution in [0.5, 0.6) is 0 Å². The Morgan fingerprint density at radius 3 is 2.81 bits per heavy atom. The molecule has 2 saturated heterocycles. The largest absolute Gasteiger partial charge is 0.434 e. The van der Waals surface area contributed by atoms with Gasteiger partial charge in [0.2, 0.25) is 0 Å². The quantitative estimate of drug-likeness (QED) is 0.926. The number of alkyl halides is 3. The molecule has 9 heteroatoms. The standard InChI is InChI=1S/C12H15F3N2O3S/c13-12(14,15)9-7-21-10(17-9)16-5-8-6-19-11(20-8)1-3-18-4-2-11/h7-8H,1-6H2,(H,16,17)/t8-/m0/s1. The normalized spacial score (nSPS) is 25.4. The topological polar surface area (TPSA) is 52.6 Å². The first kappa shape index (κ1) is 15.0. The summed E-state index contributed by atoms with van der Waals surface area (Å²) < 4.78 is 54.2. The molecule has 0 aromatic carbocycles. The van der Waals surface area contributed by atoms with Crippen molar-refractivity contribution in [2.24, 2.45) is 0 Å². The number of anilines is 1. The molecule has 0 aliphatic carbocycles. The van der Waals surface area contributed by atoms with E-state index in [1.807, 2.05) is 0 Å². The van der Waals surface area contributed by atoms with Crippen LogP contribution in [-0.4, -0.2) is 43.2 Å². The van der Waals surface area contributed by atoms with Crippen LogP contribution in [0.4, 0.5) is 18.3 Å². The minimum absolute atomic E-state index is 0.193. The van der Waals surface area contributed by atoms with Crippen molar-refractivity contribution in [1.82, 2.24) is 4.98 Å². The number of hydrogen-bond donors (Lipinski definition) is 1. The van der Waals surface area contributed by atoms with E-state index in [-0.39, 0.29) is 11.2 Å². The summed E-state index contributed by atoms with van der Waals surface area (Å²) in [6.45, 7) is 1.99. The number of nitrogens with zero attached hydrogens (tertiary/aromatic N) is 1. The fourth-order valence-corrected chi connectivity index (χ4v) is 3.08. The van der Waals surface area contributed by atoms with Gasteiger partial charge in [-0.05, 0) is 0 Å². The third-order valence-corrected chi connectivity index (χ3v) is 4.24. The smallest absolute Gasteiger partial charge is 0.381 e. The van der Waals surface area contributed by atoms with Crippen molar-refractivity contribution in [3.05, 3.63) is 11.1 Å². The molecular weight excluding hydrogens is 309 g/mol. The van der Waals surface area contributed by atoms with Crippen LogP contribution in [0.25, 0.3) is 0 Å². The zero-order valence-corrected chi connectivity index (χ0v) is 11.9. The predicted molar refractivity (Wildman–Crippen MR) is 69.2 cm³/mol. The summed E-state index contributed by atoms with van der Waals surface area (Å²) in [5.41, 5.74) is -0.875. The summed E-state index contributed by atoms with van der Waals surface area (Å²) in [5, 5.41) is 4.10. The summed E-state index contributed by atoms with van der Waals surface area (Å²) in [4.78, 5) is 3.51. The van der Waals surface area contributed by atoms with Crippen LogP contribution in [0.3, 0.4) is 0 Å². The van der Waals surface area contributed by atoms with Gasteiger partial charge in [-0.2, -0.15) is 13.2 Å². The zero-order chi connectivity index (χ0) is 14.9. The monoisotopic (exact) mass is 324 g/mol. The van der Waals surface area contributed by atoms with Crippen LogP contribution in [0, 0.1) is 0 Å². The molecule has 0 amide bonds. The Morgan fingerprint density at radius 1 is 1.38 bits per heavy atom. The molecule has 21 heavy (non-hydrogen) atoms. The summed E-state index contributed by atoms with van der Waals surface area (Å²) in [6.07, 6.45) is -3.24. The molecule has 2 fully saturated rings. The minimum Gasteiger partial charge on any atom is -0.381 e. The highest BCUT2D eigenvalue weighted by Crippen LogP contribution is 2.34. The number of thiazole rings is 1. The molecule has 5 nitrogen and oxygen atoms in total. The Morgan fingerprint density at radius 2 is 2.14 bits per heavy atom. The lowest BCUT2D eigenvalue weighted by molar-refractivity contribution is -0.209. The van der Waals surface area contributed by atoms with Gasteiger partial charge in [0.05, 0.1) is 19.8 Å². The number of nitrogens with one attached hydrogen (secondary N) is 1. The third-order valence-electron chi connectivity index (χ3n) is 3.44. The van der Waals surface area contributed by atoms with Gasteiger partial charge in [0.15, 0.2) is 16.6 Å². The first-order valence-corrected chi connectivity index (χ1v) is 7.51. The number of halogens is 3. The highest BCUT2D eigenvalue weighted by molar-refractivity contribution is 7.13. The number of ether oxygens (including phenoxy) is 3. The summed E-state index contributed by atoms with van der Waals surface area (Å²) in [6, 6.07) is 0. The molecule has 1 aromatic rings. The maximum atomic E-state index is 12.4. The highest BCUT2D eigenvalue weighted by atomic mass is 32.1. The van der Waals surface area contributed by atoms with Gasteiger partial charge < -0.3 is 19.5 Å². The lowest BCUT2D eigenvalue weighted by Crippen LogP contribution is -2.38. The van der Waals surface area contributed by atoms with Crippen molar-refractivity contribution in [3.8, 4) is 0 Å². The molecule has 3 heterocycles. The lowest BCUT2D eigenvalue weighted by atomic mass is 10.1. The summed E-state index contributed by atoms with van der Waals surface area (Å²) in [7, 11) is 0. The van der Waals surface area contributed by atoms with Gasteiger partial charge in [0.1, 0.15) is 6.10 Å². The Hall–Kier alpha value is -0.900.